The van der Waals surface area contributed by atoms with E-state index in [9.17, 15) is 13.9 Å². The average molecular weight is 357 g/mol. The minimum atomic E-state index is -2.68. The number of hydrogen-bond acceptors (Lipinski definition) is 4. The minimum Gasteiger partial charge on any atom is -0.396 e. The topological polar surface area (TPSA) is 63.0 Å². The number of nitrogens with zero attached hydrogens (tertiary/aromatic N) is 3. The first kappa shape index (κ1) is 17.1. The van der Waals surface area contributed by atoms with E-state index in [-0.39, 0.29) is 12.6 Å². The van der Waals surface area contributed by atoms with Crippen LogP contribution >= 0.6 is 11.6 Å². The maximum Gasteiger partial charge on any atom is 0.333 e. The molecule has 5 nitrogen and oxygen atoms in total. The zero-order valence-electron chi connectivity index (χ0n) is 13.0. The Hall–Kier alpha value is -1.73. The largest absolute Gasteiger partial charge is 0.396 e. The molecule has 0 unspecified atom stereocenters. The Labute approximate surface area is 143 Å². The second-order valence-electron chi connectivity index (χ2n) is 6.06. The zero-order chi connectivity index (χ0) is 17.1. The summed E-state index contributed by atoms with van der Waals surface area (Å²) in [5.74, 6) is 0.366. The Bertz CT molecular complexity index is 686. The van der Waals surface area contributed by atoms with E-state index in [1.54, 1.807) is 12.3 Å². The van der Waals surface area contributed by atoms with Crippen molar-refractivity contribution >= 4 is 17.3 Å². The van der Waals surface area contributed by atoms with Gasteiger partial charge in [0.05, 0.1) is 5.69 Å². The van der Waals surface area contributed by atoms with Crippen molar-refractivity contribution < 1.29 is 13.9 Å². The maximum atomic E-state index is 12.7. The van der Waals surface area contributed by atoms with Gasteiger partial charge >= 0.3 is 6.55 Å². The van der Waals surface area contributed by atoms with Crippen LogP contribution in [-0.4, -0.2) is 32.5 Å². The number of hydrogen-bond donors (Lipinski definition) is 2. The van der Waals surface area contributed by atoms with Gasteiger partial charge in [-0.1, -0.05) is 11.6 Å². The summed E-state index contributed by atoms with van der Waals surface area (Å²) in [4.78, 5) is 4.04. The van der Waals surface area contributed by atoms with Gasteiger partial charge in [0, 0.05) is 36.3 Å². The van der Waals surface area contributed by atoms with E-state index in [0.717, 1.165) is 31.4 Å². The number of anilines is 1. The molecule has 0 aromatic carbocycles. The Morgan fingerprint density at radius 1 is 1.33 bits per heavy atom. The molecular formula is C16H19ClF2N4O. The summed E-state index contributed by atoms with van der Waals surface area (Å²) in [6, 6.07) is 3.48. The molecule has 1 aliphatic carbocycles. The minimum absolute atomic E-state index is 0.226. The van der Waals surface area contributed by atoms with Crippen LogP contribution in [0.3, 0.4) is 0 Å². The van der Waals surface area contributed by atoms with Crippen molar-refractivity contribution in [2.24, 2.45) is 5.92 Å². The number of aliphatic hydroxyl groups is 1. The lowest BCUT2D eigenvalue weighted by atomic mass is 9.86. The van der Waals surface area contributed by atoms with Gasteiger partial charge in [0.15, 0.2) is 0 Å². The van der Waals surface area contributed by atoms with Crippen LogP contribution in [0, 0.1) is 5.92 Å². The Morgan fingerprint density at radius 2 is 2.08 bits per heavy atom. The molecule has 0 radical (unpaired) electrons. The van der Waals surface area contributed by atoms with E-state index >= 15 is 0 Å². The van der Waals surface area contributed by atoms with E-state index in [2.05, 4.69) is 15.4 Å². The number of pyridine rings is 1. The van der Waals surface area contributed by atoms with Gasteiger partial charge in [0.2, 0.25) is 0 Å². The fraction of sp³-hybridized carbons (Fsp3) is 0.500. The van der Waals surface area contributed by atoms with E-state index in [1.807, 2.05) is 0 Å². The summed E-state index contributed by atoms with van der Waals surface area (Å²) in [5, 5.41) is 16.9. The molecule has 3 rings (SSSR count). The molecule has 0 atom stereocenters. The number of halogens is 3. The van der Waals surface area contributed by atoms with Gasteiger partial charge in [-0.05, 0) is 43.7 Å². The highest BCUT2D eigenvalue weighted by atomic mass is 35.5. The molecule has 1 saturated carbocycles. The van der Waals surface area contributed by atoms with Crippen molar-refractivity contribution in [2.75, 3.05) is 11.9 Å². The first-order valence-electron chi connectivity index (χ1n) is 7.93. The number of nitrogens with one attached hydrogen (secondary N) is 1. The fourth-order valence-corrected chi connectivity index (χ4v) is 3.21. The van der Waals surface area contributed by atoms with Gasteiger partial charge in [-0.25, -0.2) is 9.67 Å². The van der Waals surface area contributed by atoms with Gasteiger partial charge in [-0.2, -0.15) is 13.9 Å². The monoisotopic (exact) mass is 356 g/mol. The van der Waals surface area contributed by atoms with E-state index < -0.39 is 6.55 Å². The highest BCUT2D eigenvalue weighted by Crippen LogP contribution is 2.32. The summed E-state index contributed by atoms with van der Waals surface area (Å²) < 4.78 is 26.1. The van der Waals surface area contributed by atoms with Gasteiger partial charge in [-0.3, -0.25) is 0 Å². The number of aliphatic hydroxyl groups excluding tert-OH is 1. The lowest BCUT2D eigenvalue weighted by Gasteiger charge is -2.29. The molecule has 1 aliphatic rings. The van der Waals surface area contributed by atoms with Crippen LogP contribution < -0.4 is 5.32 Å². The smallest absolute Gasteiger partial charge is 0.333 e. The van der Waals surface area contributed by atoms with Crippen molar-refractivity contribution in [3.05, 3.63) is 29.7 Å². The average Bonchev–Trinajstić information content (AvgIpc) is 3.06. The van der Waals surface area contributed by atoms with Crippen molar-refractivity contribution in [3.63, 3.8) is 0 Å². The molecule has 8 heteroatoms. The summed E-state index contributed by atoms with van der Waals surface area (Å²) in [6.07, 6.45) is 6.59. The number of alkyl halides is 2. The molecule has 2 heterocycles. The predicted molar refractivity (Wildman–Crippen MR) is 88.2 cm³/mol. The van der Waals surface area contributed by atoms with Crippen molar-refractivity contribution in [1.29, 1.82) is 0 Å². The molecule has 0 amide bonds. The Balaban J connectivity index is 1.80. The summed E-state index contributed by atoms with van der Waals surface area (Å²) in [5.41, 5.74) is 1.80. The standard InChI is InChI=1S/C16H19ClF2N4O/c17-15-7-14(21-11-3-1-10(9-24)2-4-11)12(8-20-15)13-5-6-23(22-13)16(18)19/h5-8,10-11,16,24H,1-4,9H2,(H,20,21). The number of rotatable bonds is 5. The van der Waals surface area contributed by atoms with Gasteiger partial charge in [0.25, 0.3) is 0 Å². The molecule has 130 valence electrons. The second kappa shape index (κ2) is 7.44. The highest BCUT2D eigenvalue weighted by Gasteiger charge is 2.22. The third-order valence-electron chi connectivity index (χ3n) is 4.42. The van der Waals surface area contributed by atoms with Gasteiger partial charge in [-0.15, -0.1) is 0 Å². The van der Waals surface area contributed by atoms with Crippen molar-refractivity contribution in [1.82, 2.24) is 14.8 Å². The molecular weight excluding hydrogens is 338 g/mol. The molecule has 0 aliphatic heterocycles. The lowest BCUT2D eigenvalue weighted by Crippen LogP contribution is -2.27. The van der Waals surface area contributed by atoms with Crippen LogP contribution in [0.1, 0.15) is 32.2 Å². The Kier molecular flexibility index (Phi) is 5.30. The molecule has 0 spiro atoms. The third kappa shape index (κ3) is 3.84. The summed E-state index contributed by atoms with van der Waals surface area (Å²) in [7, 11) is 0. The second-order valence-corrected chi connectivity index (χ2v) is 6.44. The SMILES string of the molecule is OCC1CCC(Nc2cc(Cl)ncc2-c2ccn(C(F)F)n2)CC1. The summed E-state index contributed by atoms with van der Waals surface area (Å²) in [6.45, 7) is -2.45. The normalized spacial score (nSPS) is 21.2. The quantitative estimate of drug-likeness (QED) is 0.796. The molecule has 24 heavy (non-hydrogen) atoms. The first-order chi connectivity index (χ1) is 11.6. The molecule has 0 saturated heterocycles. The molecule has 0 bridgehead atoms. The van der Waals surface area contributed by atoms with Crippen molar-refractivity contribution in [2.45, 2.75) is 38.3 Å². The van der Waals surface area contributed by atoms with Crippen LogP contribution in [0.15, 0.2) is 24.5 Å². The molecule has 2 N–H and O–H groups in total. The first-order valence-corrected chi connectivity index (χ1v) is 8.31. The molecule has 1 fully saturated rings. The maximum absolute atomic E-state index is 12.7. The molecule has 2 aromatic rings. The van der Waals surface area contributed by atoms with E-state index in [1.165, 1.54) is 12.3 Å². The fourth-order valence-electron chi connectivity index (χ4n) is 3.05. The Morgan fingerprint density at radius 3 is 2.71 bits per heavy atom. The summed E-state index contributed by atoms with van der Waals surface area (Å²) >= 11 is 5.99. The van der Waals surface area contributed by atoms with Gasteiger partial charge in [0.1, 0.15) is 5.15 Å². The number of aromatic nitrogens is 3. The van der Waals surface area contributed by atoms with Crippen LogP contribution in [-0.2, 0) is 0 Å². The van der Waals surface area contributed by atoms with Crippen LogP contribution in [0.5, 0.6) is 0 Å². The van der Waals surface area contributed by atoms with Crippen molar-refractivity contribution in [3.8, 4) is 11.3 Å². The van der Waals surface area contributed by atoms with Crippen LogP contribution in [0.25, 0.3) is 11.3 Å². The van der Waals surface area contributed by atoms with Gasteiger partial charge < -0.3 is 10.4 Å². The van der Waals surface area contributed by atoms with E-state index in [0.29, 0.717) is 27.0 Å². The third-order valence-corrected chi connectivity index (χ3v) is 4.63. The van der Waals surface area contributed by atoms with Crippen LogP contribution in [0.2, 0.25) is 5.15 Å². The lowest BCUT2D eigenvalue weighted by molar-refractivity contribution is 0.0568. The van der Waals surface area contributed by atoms with Crippen LogP contribution in [0.4, 0.5) is 14.5 Å². The molecule has 2 aromatic heterocycles. The highest BCUT2D eigenvalue weighted by molar-refractivity contribution is 6.29. The predicted octanol–water partition coefficient (Wildman–Crippen LogP) is 3.96. The van der Waals surface area contributed by atoms with E-state index in [4.69, 9.17) is 11.6 Å². The zero-order valence-corrected chi connectivity index (χ0v) is 13.8.